The lowest BCUT2D eigenvalue weighted by Gasteiger charge is -2.32. The molecule has 1 aliphatic rings. The van der Waals surface area contributed by atoms with Gasteiger partial charge in [-0.1, -0.05) is 13.2 Å². The van der Waals surface area contributed by atoms with Gasteiger partial charge in [-0.25, -0.2) is 8.78 Å². The van der Waals surface area contributed by atoms with Crippen LogP contribution in [0.15, 0.2) is 36.5 Å². The van der Waals surface area contributed by atoms with Gasteiger partial charge in [0.05, 0.1) is 0 Å². The average Bonchev–Trinajstić information content (AvgIpc) is 2.30. The Morgan fingerprint density at radius 2 is 1.81 bits per heavy atom. The highest BCUT2D eigenvalue weighted by Gasteiger charge is 2.16. The molecule has 16 heavy (non-hydrogen) atoms. The summed E-state index contributed by atoms with van der Waals surface area (Å²) >= 11 is 0. The molecule has 0 aliphatic carbocycles. The van der Waals surface area contributed by atoms with E-state index in [9.17, 15) is 8.78 Å². The minimum atomic E-state index is -0.931. The number of likely N-dealkylation sites (N-methyl/N-ethyl adjacent to an activating group) is 1. The van der Waals surface area contributed by atoms with Gasteiger partial charge in [0.25, 0.3) is 0 Å². The molecule has 1 aliphatic heterocycles. The van der Waals surface area contributed by atoms with Crippen molar-refractivity contribution in [3.8, 4) is 0 Å². The summed E-state index contributed by atoms with van der Waals surface area (Å²) in [6.07, 6.45) is 0.866. The second-order valence-corrected chi connectivity index (χ2v) is 4.05. The van der Waals surface area contributed by atoms with E-state index in [0.717, 1.165) is 32.3 Å². The second-order valence-electron chi connectivity index (χ2n) is 4.05. The van der Waals surface area contributed by atoms with Crippen LogP contribution in [0.3, 0.4) is 0 Å². The zero-order valence-electron chi connectivity index (χ0n) is 9.68. The van der Waals surface area contributed by atoms with Crippen molar-refractivity contribution in [2.75, 3.05) is 39.8 Å². The van der Waals surface area contributed by atoms with Crippen molar-refractivity contribution in [3.05, 3.63) is 36.5 Å². The molecule has 1 heterocycles. The van der Waals surface area contributed by atoms with E-state index in [2.05, 4.69) is 23.0 Å². The zero-order chi connectivity index (χ0) is 12.1. The molecule has 0 amide bonds. The van der Waals surface area contributed by atoms with Gasteiger partial charge < -0.3 is 4.90 Å². The summed E-state index contributed by atoms with van der Waals surface area (Å²) in [6.45, 7) is 10.7. The maximum absolute atomic E-state index is 13.3. The van der Waals surface area contributed by atoms with Gasteiger partial charge in [0, 0.05) is 32.7 Å². The highest BCUT2D eigenvalue weighted by molar-refractivity contribution is 5.30. The predicted octanol–water partition coefficient (Wildman–Crippen LogP) is 2.13. The van der Waals surface area contributed by atoms with Gasteiger partial charge >= 0.3 is 0 Å². The smallest absolute Gasteiger partial charge is 0.162 e. The van der Waals surface area contributed by atoms with Gasteiger partial charge in [-0.2, -0.15) is 0 Å². The number of rotatable bonds is 4. The van der Waals surface area contributed by atoms with Crippen molar-refractivity contribution >= 4 is 0 Å². The number of piperazine rings is 1. The van der Waals surface area contributed by atoms with Crippen molar-refractivity contribution in [2.45, 2.75) is 0 Å². The lowest BCUT2D eigenvalue weighted by Crippen LogP contribution is -2.45. The van der Waals surface area contributed by atoms with E-state index in [0.29, 0.717) is 6.54 Å². The molecule has 0 unspecified atom stereocenters. The molecule has 0 bridgehead atoms. The van der Waals surface area contributed by atoms with Crippen LogP contribution in [0.1, 0.15) is 0 Å². The van der Waals surface area contributed by atoms with Gasteiger partial charge in [-0.3, -0.25) is 4.90 Å². The third kappa shape index (κ3) is 3.54. The summed E-state index contributed by atoms with van der Waals surface area (Å²) in [5, 5.41) is 0. The molecule has 0 aromatic carbocycles. The lowest BCUT2D eigenvalue weighted by molar-refractivity contribution is 0.163. The standard InChI is InChI=1S/C12H18F2N2/c1-4-11(13)12(14)10(2)9-16-7-5-15(3)6-8-16/h4H,1-2,5-9H2,3H3/b12-11-. The maximum Gasteiger partial charge on any atom is 0.162 e. The molecule has 1 rings (SSSR count). The molecular weight excluding hydrogens is 210 g/mol. The molecule has 1 saturated heterocycles. The molecule has 0 N–H and O–H groups in total. The van der Waals surface area contributed by atoms with Gasteiger partial charge in [0.15, 0.2) is 11.7 Å². The highest BCUT2D eigenvalue weighted by atomic mass is 19.2. The fourth-order valence-electron chi connectivity index (χ4n) is 1.60. The second kappa shape index (κ2) is 5.92. The normalized spacial score (nSPS) is 20.4. The number of nitrogens with zero attached hydrogens (tertiary/aromatic N) is 2. The summed E-state index contributed by atoms with van der Waals surface area (Å²) in [4.78, 5) is 4.27. The van der Waals surface area contributed by atoms with E-state index in [4.69, 9.17) is 0 Å². The highest BCUT2D eigenvalue weighted by Crippen LogP contribution is 2.18. The minimum Gasteiger partial charge on any atom is -0.304 e. The first-order chi connectivity index (χ1) is 7.54. The van der Waals surface area contributed by atoms with Crippen LogP contribution in [0.25, 0.3) is 0 Å². The summed E-state index contributed by atoms with van der Waals surface area (Å²) in [5.41, 5.74) is 0.182. The topological polar surface area (TPSA) is 6.48 Å². The van der Waals surface area contributed by atoms with Crippen LogP contribution in [0.2, 0.25) is 0 Å². The molecular formula is C12H18F2N2. The van der Waals surface area contributed by atoms with E-state index >= 15 is 0 Å². The Morgan fingerprint density at radius 3 is 2.31 bits per heavy atom. The van der Waals surface area contributed by atoms with Crippen LogP contribution in [0.5, 0.6) is 0 Å². The Hall–Kier alpha value is -1.00. The first-order valence-corrected chi connectivity index (χ1v) is 5.31. The molecule has 0 aromatic heterocycles. The summed E-state index contributed by atoms with van der Waals surface area (Å²) in [7, 11) is 2.05. The van der Waals surface area contributed by atoms with E-state index in [1.807, 2.05) is 7.05 Å². The SMILES string of the molecule is C=C/C(F)=C(/F)C(=C)CN1CCN(C)CC1. The fraction of sp³-hybridized carbons (Fsp3) is 0.500. The van der Waals surface area contributed by atoms with Crippen LogP contribution in [-0.2, 0) is 0 Å². The number of halogens is 2. The van der Waals surface area contributed by atoms with Crippen LogP contribution < -0.4 is 0 Å². The average molecular weight is 228 g/mol. The quantitative estimate of drug-likeness (QED) is 0.680. The third-order valence-electron chi connectivity index (χ3n) is 2.71. The molecule has 0 aromatic rings. The fourth-order valence-corrected chi connectivity index (χ4v) is 1.60. The molecule has 0 saturated carbocycles. The number of allylic oxidation sites excluding steroid dienone is 2. The first kappa shape index (κ1) is 13.1. The van der Waals surface area contributed by atoms with Crippen LogP contribution in [0.4, 0.5) is 8.78 Å². The summed E-state index contributed by atoms with van der Waals surface area (Å²) < 4.78 is 26.2. The lowest BCUT2D eigenvalue weighted by atomic mass is 10.2. The van der Waals surface area contributed by atoms with E-state index in [1.54, 1.807) is 0 Å². The van der Waals surface area contributed by atoms with Crippen molar-refractivity contribution < 1.29 is 8.78 Å². The van der Waals surface area contributed by atoms with E-state index < -0.39 is 11.7 Å². The molecule has 0 atom stereocenters. The zero-order valence-corrected chi connectivity index (χ0v) is 9.68. The largest absolute Gasteiger partial charge is 0.304 e. The maximum atomic E-state index is 13.3. The van der Waals surface area contributed by atoms with Crippen molar-refractivity contribution in [1.82, 2.24) is 9.80 Å². The first-order valence-electron chi connectivity index (χ1n) is 5.31. The van der Waals surface area contributed by atoms with Gasteiger partial charge in [0.2, 0.25) is 0 Å². The number of hydrogen-bond donors (Lipinski definition) is 0. The van der Waals surface area contributed by atoms with Crippen molar-refractivity contribution in [1.29, 1.82) is 0 Å². The number of hydrogen-bond acceptors (Lipinski definition) is 2. The van der Waals surface area contributed by atoms with Gasteiger partial charge in [0.1, 0.15) is 0 Å². The Morgan fingerprint density at radius 1 is 1.25 bits per heavy atom. The summed E-state index contributed by atoms with van der Waals surface area (Å²) in [6, 6.07) is 0. The summed E-state index contributed by atoms with van der Waals surface area (Å²) in [5.74, 6) is -1.81. The molecule has 1 fully saturated rings. The Kier molecular flexibility index (Phi) is 4.83. The third-order valence-corrected chi connectivity index (χ3v) is 2.71. The van der Waals surface area contributed by atoms with E-state index in [1.165, 1.54) is 0 Å². The van der Waals surface area contributed by atoms with Crippen LogP contribution >= 0.6 is 0 Å². The van der Waals surface area contributed by atoms with Gasteiger partial charge in [-0.05, 0) is 18.7 Å². The van der Waals surface area contributed by atoms with Gasteiger partial charge in [-0.15, -0.1) is 0 Å². The molecule has 4 heteroatoms. The minimum absolute atomic E-state index is 0.182. The molecule has 90 valence electrons. The molecule has 0 radical (unpaired) electrons. The van der Waals surface area contributed by atoms with Crippen molar-refractivity contribution in [3.63, 3.8) is 0 Å². The van der Waals surface area contributed by atoms with Crippen LogP contribution in [0, 0.1) is 0 Å². The van der Waals surface area contributed by atoms with Crippen molar-refractivity contribution in [2.24, 2.45) is 0 Å². The Labute approximate surface area is 95.5 Å². The predicted molar refractivity (Wildman–Crippen MR) is 62.5 cm³/mol. The molecule has 0 spiro atoms. The molecule has 2 nitrogen and oxygen atoms in total. The van der Waals surface area contributed by atoms with Crippen LogP contribution in [-0.4, -0.2) is 49.6 Å². The monoisotopic (exact) mass is 228 g/mol. The Balaban J connectivity index is 2.49. The Bertz CT molecular complexity index is 302. The van der Waals surface area contributed by atoms with E-state index in [-0.39, 0.29) is 5.57 Å².